The molecule has 16 heavy (non-hydrogen) atoms. The van der Waals surface area contributed by atoms with Crippen molar-refractivity contribution in [3.05, 3.63) is 36.2 Å². The van der Waals surface area contributed by atoms with Crippen molar-refractivity contribution in [1.82, 2.24) is 9.78 Å². The topological polar surface area (TPSA) is 38.0 Å². The molecule has 0 atom stereocenters. The van der Waals surface area contributed by atoms with Crippen LogP contribution in [0.4, 0.5) is 8.78 Å². The van der Waals surface area contributed by atoms with Gasteiger partial charge in [0.2, 0.25) is 5.82 Å². The average Bonchev–Trinajstić information content (AvgIpc) is 2.74. The van der Waals surface area contributed by atoms with E-state index in [1.807, 2.05) is 6.92 Å². The minimum absolute atomic E-state index is 0.0926. The molecule has 0 bridgehead atoms. The number of aryl methyl sites for hydroxylation is 1. The van der Waals surface area contributed by atoms with Crippen molar-refractivity contribution < 1.29 is 13.9 Å². The molecule has 2 rings (SSSR count). The van der Waals surface area contributed by atoms with Crippen LogP contribution in [-0.4, -0.2) is 14.9 Å². The van der Waals surface area contributed by atoms with Crippen LogP contribution in [0, 0.1) is 11.6 Å². The van der Waals surface area contributed by atoms with E-state index in [2.05, 4.69) is 5.10 Å². The van der Waals surface area contributed by atoms with Gasteiger partial charge < -0.3 is 5.11 Å². The first-order valence-corrected chi connectivity index (χ1v) is 4.83. The van der Waals surface area contributed by atoms with Crippen LogP contribution < -0.4 is 0 Å². The van der Waals surface area contributed by atoms with Crippen molar-refractivity contribution in [2.75, 3.05) is 0 Å². The summed E-state index contributed by atoms with van der Waals surface area (Å²) < 4.78 is 28.2. The van der Waals surface area contributed by atoms with Crippen molar-refractivity contribution in [3.8, 4) is 16.9 Å². The summed E-state index contributed by atoms with van der Waals surface area (Å²) >= 11 is 0. The van der Waals surface area contributed by atoms with Crippen LogP contribution in [0.3, 0.4) is 0 Å². The second-order valence-corrected chi connectivity index (χ2v) is 3.34. The number of phenols is 1. The summed E-state index contributed by atoms with van der Waals surface area (Å²) in [5.74, 6) is -2.98. The van der Waals surface area contributed by atoms with E-state index < -0.39 is 17.4 Å². The van der Waals surface area contributed by atoms with Gasteiger partial charge in [-0.3, -0.25) is 4.68 Å². The Labute approximate surface area is 91.0 Å². The molecule has 0 unspecified atom stereocenters. The van der Waals surface area contributed by atoms with Crippen LogP contribution in [-0.2, 0) is 6.54 Å². The van der Waals surface area contributed by atoms with Crippen molar-refractivity contribution in [2.45, 2.75) is 13.5 Å². The number of nitrogens with zero attached hydrogens (tertiary/aromatic N) is 2. The SMILES string of the molecule is CCn1cc(-c2ccc(O)c(F)c2F)cn1. The van der Waals surface area contributed by atoms with E-state index in [0.717, 1.165) is 6.07 Å². The Morgan fingerprint density at radius 1 is 1.31 bits per heavy atom. The Balaban J connectivity index is 2.52. The standard InChI is InChI=1S/C11H10F2N2O/c1-2-15-6-7(5-14-15)8-3-4-9(16)11(13)10(8)12/h3-6,16H,2H2,1H3. The average molecular weight is 224 g/mol. The number of rotatable bonds is 2. The number of phenolic OH excluding ortho intramolecular Hbond substituents is 1. The Hall–Kier alpha value is -1.91. The van der Waals surface area contributed by atoms with Gasteiger partial charge in [-0.25, -0.2) is 4.39 Å². The molecule has 0 aliphatic rings. The monoisotopic (exact) mass is 224 g/mol. The van der Waals surface area contributed by atoms with E-state index in [4.69, 9.17) is 5.11 Å². The van der Waals surface area contributed by atoms with Gasteiger partial charge in [0.1, 0.15) is 0 Å². The van der Waals surface area contributed by atoms with Gasteiger partial charge in [-0.05, 0) is 19.1 Å². The highest BCUT2D eigenvalue weighted by molar-refractivity contribution is 5.63. The molecule has 0 radical (unpaired) electrons. The maximum absolute atomic E-state index is 13.5. The van der Waals surface area contributed by atoms with Crippen molar-refractivity contribution >= 4 is 0 Å². The van der Waals surface area contributed by atoms with E-state index >= 15 is 0 Å². The van der Waals surface area contributed by atoms with Gasteiger partial charge in [0, 0.05) is 23.9 Å². The van der Waals surface area contributed by atoms with Crippen LogP contribution in [0.25, 0.3) is 11.1 Å². The van der Waals surface area contributed by atoms with Crippen molar-refractivity contribution in [3.63, 3.8) is 0 Å². The Morgan fingerprint density at radius 2 is 2.06 bits per heavy atom. The fraction of sp³-hybridized carbons (Fsp3) is 0.182. The lowest BCUT2D eigenvalue weighted by atomic mass is 10.1. The number of halogens is 2. The van der Waals surface area contributed by atoms with Crippen molar-refractivity contribution in [2.24, 2.45) is 0 Å². The summed E-state index contributed by atoms with van der Waals surface area (Å²) in [6.45, 7) is 2.55. The molecule has 0 fully saturated rings. The Morgan fingerprint density at radius 3 is 2.69 bits per heavy atom. The van der Waals surface area contributed by atoms with E-state index in [1.54, 1.807) is 10.9 Å². The Bertz CT molecular complexity index is 523. The molecule has 0 amide bonds. The predicted molar refractivity (Wildman–Crippen MR) is 54.9 cm³/mol. The highest BCUT2D eigenvalue weighted by Gasteiger charge is 2.14. The first kappa shape index (κ1) is 10.6. The Kier molecular flexibility index (Phi) is 2.60. The minimum Gasteiger partial charge on any atom is -0.505 e. The van der Waals surface area contributed by atoms with Gasteiger partial charge in [-0.1, -0.05) is 0 Å². The molecule has 0 spiro atoms. The first-order chi connectivity index (χ1) is 7.63. The van der Waals surface area contributed by atoms with E-state index in [1.165, 1.54) is 12.3 Å². The third kappa shape index (κ3) is 1.64. The highest BCUT2D eigenvalue weighted by Crippen LogP contribution is 2.28. The summed E-state index contributed by atoms with van der Waals surface area (Å²) in [4.78, 5) is 0. The fourth-order valence-electron chi connectivity index (χ4n) is 1.44. The quantitative estimate of drug-likeness (QED) is 0.851. The molecule has 5 heteroatoms. The van der Waals surface area contributed by atoms with Crippen LogP contribution in [0.15, 0.2) is 24.5 Å². The van der Waals surface area contributed by atoms with Crippen LogP contribution in [0.2, 0.25) is 0 Å². The second kappa shape index (κ2) is 3.92. The van der Waals surface area contributed by atoms with Gasteiger partial charge >= 0.3 is 0 Å². The van der Waals surface area contributed by atoms with Gasteiger partial charge in [-0.2, -0.15) is 9.49 Å². The van der Waals surface area contributed by atoms with Crippen LogP contribution >= 0.6 is 0 Å². The highest BCUT2D eigenvalue weighted by atomic mass is 19.2. The molecule has 2 aromatic rings. The molecule has 1 aromatic heterocycles. The lowest BCUT2D eigenvalue weighted by Crippen LogP contribution is -1.92. The van der Waals surface area contributed by atoms with Gasteiger partial charge in [-0.15, -0.1) is 0 Å². The van der Waals surface area contributed by atoms with E-state index in [-0.39, 0.29) is 5.56 Å². The molecular formula is C11H10F2N2O. The number of hydrogen-bond donors (Lipinski definition) is 1. The maximum atomic E-state index is 13.5. The van der Waals surface area contributed by atoms with E-state index in [0.29, 0.717) is 12.1 Å². The molecule has 0 saturated carbocycles. The predicted octanol–water partition coefficient (Wildman–Crippen LogP) is 2.55. The minimum atomic E-state index is -1.23. The number of aromatic nitrogens is 2. The zero-order chi connectivity index (χ0) is 11.7. The molecule has 1 N–H and O–H groups in total. The number of hydrogen-bond acceptors (Lipinski definition) is 2. The summed E-state index contributed by atoms with van der Waals surface area (Å²) in [6, 6.07) is 2.45. The third-order valence-corrected chi connectivity index (χ3v) is 2.33. The van der Waals surface area contributed by atoms with Crippen molar-refractivity contribution in [1.29, 1.82) is 0 Å². The molecule has 1 aromatic carbocycles. The number of aromatic hydroxyl groups is 1. The van der Waals surface area contributed by atoms with Gasteiger partial charge in [0.25, 0.3) is 0 Å². The molecule has 1 heterocycles. The lowest BCUT2D eigenvalue weighted by Gasteiger charge is -2.02. The fourth-order valence-corrected chi connectivity index (χ4v) is 1.44. The molecule has 0 saturated heterocycles. The molecule has 0 aliphatic heterocycles. The third-order valence-electron chi connectivity index (χ3n) is 2.33. The number of benzene rings is 1. The van der Waals surface area contributed by atoms with Gasteiger partial charge in [0.05, 0.1) is 6.20 Å². The van der Waals surface area contributed by atoms with E-state index in [9.17, 15) is 8.78 Å². The van der Waals surface area contributed by atoms with Crippen LogP contribution in [0.1, 0.15) is 6.92 Å². The lowest BCUT2D eigenvalue weighted by molar-refractivity contribution is 0.408. The summed E-state index contributed by atoms with van der Waals surface area (Å²) in [5, 5.41) is 13.0. The summed E-state index contributed by atoms with van der Waals surface area (Å²) in [7, 11) is 0. The molecule has 84 valence electrons. The molecular weight excluding hydrogens is 214 g/mol. The largest absolute Gasteiger partial charge is 0.505 e. The molecule has 0 aliphatic carbocycles. The first-order valence-electron chi connectivity index (χ1n) is 4.83. The summed E-state index contributed by atoms with van der Waals surface area (Å²) in [5.41, 5.74) is 0.577. The zero-order valence-corrected chi connectivity index (χ0v) is 8.61. The maximum Gasteiger partial charge on any atom is 0.200 e. The summed E-state index contributed by atoms with van der Waals surface area (Å²) in [6.07, 6.45) is 3.08. The smallest absolute Gasteiger partial charge is 0.200 e. The molecule has 3 nitrogen and oxygen atoms in total. The van der Waals surface area contributed by atoms with Gasteiger partial charge in [0.15, 0.2) is 11.6 Å². The van der Waals surface area contributed by atoms with Crippen LogP contribution in [0.5, 0.6) is 5.75 Å². The normalized spacial score (nSPS) is 10.7. The second-order valence-electron chi connectivity index (χ2n) is 3.34. The zero-order valence-electron chi connectivity index (χ0n) is 8.61.